The highest BCUT2D eigenvalue weighted by atomic mass is 16.2. The Morgan fingerprint density at radius 2 is 2.14 bits per heavy atom. The first kappa shape index (κ1) is 9.65. The van der Waals surface area contributed by atoms with E-state index in [4.69, 9.17) is 0 Å². The molecule has 1 saturated heterocycles. The summed E-state index contributed by atoms with van der Waals surface area (Å²) in [6.45, 7) is 6.05. The minimum Gasteiger partial charge on any atom is -0.317 e. The number of carbonyl (C=O) groups is 1. The second-order valence-corrected chi connectivity index (χ2v) is 4.36. The molecule has 2 amide bonds. The maximum atomic E-state index is 11.6. The SMILES string of the molecule is CC(C)N1C(=O)N=CC12CCNCC2. The van der Waals surface area contributed by atoms with Crippen molar-refractivity contribution in [2.24, 2.45) is 4.99 Å². The van der Waals surface area contributed by atoms with Crippen LogP contribution < -0.4 is 5.32 Å². The zero-order chi connectivity index (χ0) is 10.2. The van der Waals surface area contributed by atoms with E-state index in [1.807, 2.05) is 11.1 Å². The summed E-state index contributed by atoms with van der Waals surface area (Å²) < 4.78 is 0. The van der Waals surface area contributed by atoms with E-state index in [0.29, 0.717) is 0 Å². The monoisotopic (exact) mass is 195 g/mol. The topological polar surface area (TPSA) is 44.7 Å². The maximum Gasteiger partial charge on any atom is 0.344 e. The fraction of sp³-hybridized carbons (Fsp3) is 0.800. The molecule has 2 rings (SSSR count). The largest absolute Gasteiger partial charge is 0.344 e. The molecule has 1 spiro atoms. The number of urea groups is 1. The fourth-order valence-corrected chi connectivity index (χ4v) is 2.46. The normalized spacial score (nSPS) is 25.4. The summed E-state index contributed by atoms with van der Waals surface area (Å²) in [6, 6.07) is 0.171. The van der Waals surface area contributed by atoms with Gasteiger partial charge in [0.2, 0.25) is 0 Å². The third kappa shape index (κ3) is 1.34. The van der Waals surface area contributed by atoms with Gasteiger partial charge in [0.1, 0.15) is 0 Å². The third-order valence-corrected chi connectivity index (χ3v) is 3.09. The number of hydrogen-bond acceptors (Lipinski definition) is 2. The Bertz CT molecular complexity index is 267. The third-order valence-electron chi connectivity index (χ3n) is 3.09. The van der Waals surface area contributed by atoms with Crippen molar-refractivity contribution in [3.63, 3.8) is 0 Å². The standard InChI is InChI=1S/C10H17N3O/c1-8(2)13-9(14)12-7-10(13)3-5-11-6-4-10/h7-8,11H,3-6H2,1-2H3. The van der Waals surface area contributed by atoms with Crippen molar-refractivity contribution >= 4 is 12.2 Å². The van der Waals surface area contributed by atoms with Gasteiger partial charge in [-0.05, 0) is 39.8 Å². The summed E-state index contributed by atoms with van der Waals surface area (Å²) in [4.78, 5) is 17.5. The molecule has 14 heavy (non-hydrogen) atoms. The quantitative estimate of drug-likeness (QED) is 0.679. The second-order valence-electron chi connectivity index (χ2n) is 4.36. The van der Waals surface area contributed by atoms with E-state index in [0.717, 1.165) is 25.9 Å². The lowest BCUT2D eigenvalue weighted by atomic mass is 9.88. The highest BCUT2D eigenvalue weighted by Crippen LogP contribution is 2.31. The summed E-state index contributed by atoms with van der Waals surface area (Å²) in [7, 11) is 0. The van der Waals surface area contributed by atoms with Crippen LogP contribution in [0, 0.1) is 0 Å². The molecular weight excluding hydrogens is 178 g/mol. The van der Waals surface area contributed by atoms with E-state index in [1.165, 1.54) is 0 Å². The van der Waals surface area contributed by atoms with Crippen LogP contribution in [-0.4, -0.2) is 41.8 Å². The number of hydrogen-bond donors (Lipinski definition) is 1. The number of rotatable bonds is 1. The predicted octanol–water partition coefficient (Wildman–Crippen LogP) is 1.02. The lowest BCUT2D eigenvalue weighted by Gasteiger charge is -2.41. The molecule has 0 bridgehead atoms. The molecular formula is C10H17N3O. The van der Waals surface area contributed by atoms with Crippen molar-refractivity contribution in [2.75, 3.05) is 13.1 Å². The van der Waals surface area contributed by atoms with Crippen LogP contribution in [-0.2, 0) is 0 Å². The molecule has 0 saturated carbocycles. The molecule has 1 fully saturated rings. The average molecular weight is 195 g/mol. The molecule has 0 aromatic heterocycles. The Labute approximate surface area is 84.4 Å². The second kappa shape index (κ2) is 3.35. The van der Waals surface area contributed by atoms with Crippen molar-refractivity contribution in [1.29, 1.82) is 0 Å². The Balaban J connectivity index is 2.24. The smallest absolute Gasteiger partial charge is 0.317 e. The molecule has 2 aliphatic rings. The summed E-state index contributed by atoms with van der Waals surface area (Å²) in [5.41, 5.74) is -0.0868. The van der Waals surface area contributed by atoms with Crippen molar-refractivity contribution in [1.82, 2.24) is 10.2 Å². The van der Waals surface area contributed by atoms with Gasteiger partial charge >= 0.3 is 6.03 Å². The Morgan fingerprint density at radius 1 is 1.50 bits per heavy atom. The average Bonchev–Trinajstić information content (AvgIpc) is 2.45. The van der Waals surface area contributed by atoms with E-state index in [-0.39, 0.29) is 17.6 Å². The maximum absolute atomic E-state index is 11.6. The molecule has 4 nitrogen and oxygen atoms in total. The minimum absolute atomic E-state index is 0.0677. The Morgan fingerprint density at radius 3 is 2.71 bits per heavy atom. The van der Waals surface area contributed by atoms with Gasteiger partial charge in [-0.25, -0.2) is 9.79 Å². The highest BCUT2D eigenvalue weighted by molar-refractivity contribution is 5.96. The van der Waals surface area contributed by atoms with Crippen LogP contribution in [0.15, 0.2) is 4.99 Å². The van der Waals surface area contributed by atoms with Crippen LogP contribution in [0.25, 0.3) is 0 Å². The first-order valence-electron chi connectivity index (χ1n) is 5.25. The van der Waals surface area contributed by atoms with Gasteiger partial charge < -0.3 is 10.2 Å². The molecule has 2 heterocycles. The summed E-state index contributed by atoms with van der Waals surface area (Å²) in [5, 5.41) is 3.31. The van der Waals surface area contributed by atoms with Gasteiger partial charge in [0, 0.05) is 12.3 Å². The van der Waals surface area contributed by atoms with E-state index >= 15 is 0 Å². The first-order chi connectivity index (χ1) is 6.66. The lowest BCUT2D eigenvalue weighted by Crippen LogP contribution is -2.56. The molecule has 0 aromatic rings. The molecule has 0 aromatic carbocycles. The van der Waals surface area contributed by atoms with Gasteiger partial charge in [0.15, 0.2) is 0 Å². The number of amides is 2. The van der Waals surface area contributed by atoms with Crippen LogP contribution in [0.4, 0.5) is 4.79 Å². The highest BCUT2D eigenvalue weighted by Gasteiger charge is 2.44. The van der Waals surface area contributed by atoms with Gasteiger partial charge in [-0.15, -0.1) is 0 Å². The van der Waals surface area contributed by atoms with Crippen LogP contribution in [0.5, 0.6) is 0 Å². The van der Waals surface area contributed by atoms with Crippen LogP contribution >= 0.6 is 0 Å². The molecule has 4 heteroatoms. The number of nitrogens with zero attached hydrogens (tertiary/aromatic N) is 2. The van der Waals surface area contributed by atoms with Gasteiger partial charge in [0.25, 0.3) is 0 Å². The molecule has 2 aliphatic heterocycles. The van der Waals surface area contributed by atoms with Gasteiger partial charge in [-0.3, -0.25) is 0 Å². The van der Waals surface area contributed by atoms with Gasteiger partial charge in [0.05, 0.1) is 5.54 Å². The van der Waals surface area contributed by atoms with Crippen molar-refractivity contribution in [2.45, 2.75) is 38.3 Å². The zero-order valence-corrected chi connectivity index (χ0v) is 8.79. The van der Waals surface area contributed by atoms with Crippen molar-refractivity contribution in [3.05, 3.63) is 0 Å². The Hall–Kier alpha value is -0.900. The van der Waals surface area contributed by atoms with E-state index in [9.17, 15) is 4.79 Å². The summed E-state index contributed by atoms with van der Waals surface area (Å²) in [6.07, 6.45) is 3.83. The van der Waals surface area contributed by atoms with Crippen molar-refractivity contribution in [3.8, 4) is 0 Å². The lowest BCUT2D eigenvalue weighted by molar-refractivity contribution is 0.127. The molecule has 78 valence electrons. The zero-order valence-electron chi connectivity index (χ0n) is 8.79. The van der Waals surface area contributed by atoms with E-state index in [2.05, 4.69) is 24.2 Å². The fourth-order valence-electron chi connectivity index (χ4n) is 2.46. The van der Waals surface area contributed by atoms with Crippen LogP contribution in [0.2, 0.25) is 0 Å². The number of aliphatic imine (C=N–C) groups is 1. The Kier molecular flexibility index (Phi) is 2.31. The number of nitrogens with one attached hydrogen (secondary N) is 1. The first-order valence-corrected chi connectivity index (χ1v) is 5.25. The van der Waals surface area contributed by atoms with Gasteiger partial charge in [-0.1, -0.05) is 0 Å². The van der Waals surface area contributed by atoms with Crippen molar-refractivity contribution < 1.29 is 4.79 Å². The number of piperidine rings is 1. The van der Waals surface area contributed by atoms with E-state index in [1.54, 1.807) is 0 Å². The van der Waals surface area contributed by atoms with Crippen LogP contribution in [0.3, 0.4) is 0 Å². The summed E-state index contributed by atoms with van der Waals surface area (Å²) >= 11 is 0. The summed E-state index contributed by atoms with van der Waals surface area (Å²) in [5.74, 6) is 0. The molecule has 0 aliphatic carbocycles. The molecule has 0 atom stereocenters. The molecule has 1 N–H and O–H groups in total. The molecule has 0 unspecified atom stereocenters. The number of carbonyl (C=O) groups excluding carboxylic acids is 1. The molecule has 0 radical (unpaired) electrons. The van der Waals surface area contributed by atoms with E-state index < -0.39 is 0 Å². The van der Waals surface area contributed by atoms with Gasteiger partial charge in [-0.2, -0.15) is 0 Å². The predicted molar refractivity (Wildman–Crippen MR) is 55.7 cm³/mol. The van der Waals surface area contributed by atoms with Crippen LogP contribution in [0.1, 0.15) is 26.7 Å². The minimum atomic E-state index is -0.0868.